The quantitative estimate of drug-likeness (QED) is 0.311. The molecule has 0 spiro atoms. The minimum absolute atomic E-state index is 0.152. The zero-order valence-electron chi connectivity index (χ0n) is 19.7. The Bertz CT molecular complexity index is 796. The molecule has 0 radical (unpaired) electrons. The van der Waals surface area contributed by atoms with Gasteiger partial charge in [0.1, 0.15) is 11.7 Å². The molecule has 0 saturated heterocycles. The Labute approximate surface area is 188 Å². The lowest BCUT2D eigenvalue weighted by Gasteiger charge is -2.43. The number of hydrogen-bond acceptors (Lipinski definition) is 4. The zero-order chi connectivity index (χ0) is 23.1. The minimum Gasteiger partial charge on any atom is -0.429 e. The third-order valence-corrected chi connectivity index (χ3v) is 9.99. The number of hydrogen-bond donors (Lipinski definition) is 0. The van der Waals surface area contributed by atoms with Gasteiger partial charge >= 0.3 is 6.16 Å². The average Bonchev–Trinajstić information content (AvgIpc) is 2.67. The van der Waals surface area contributed by atoms with E-state index in [0.29, 0.717) is 6.42 Å². The fourth-order valence-corrected chi connectivity index (χ4v) is 8.32. The second-order valence-corrected chi connectivity index (χ2v) is 14.0. The lowest BCUT2D eigenvalue weighted by Crippen LogP contribution is -2.67. The van der Waals surface area contributed by atoms with E-state index in [1.807, 2.05) is 57.2 Å². The molecule has 0 N–H and O–H groups in total. The maximum absolute atomic E-state index is 12.3. The van der Waals surface area contributed by atoms with E-state index in [-0.39, 0.29) is 11.6 Å². The largest absolute Gasteiger partial charge is 0.509 e. The van der Waals surface area contributed by atoms with Crippen LogP contribution in [0.4, 0.5) is 4.79 Å². The van der Waals surface area contributed by atoms with Gasteiger partial charge in [-0.3, -0.25) is 0 Å². The van der Waals surface area contributed by atoms with Gasteiger partial charge in [0.15, 0.2) is 0 Å². The van der Waals surface area contributed by atoms with E-state index >= 15 is 0 Å². The van der Waals surface area contributed by atoms with Gasteiger partial charge in [-0.1, -0.05) is 87.5 Å². The summed E-state index contributed by atoms with van der Waals surface area (Å²) in [7, 11) is -2.71. The Hall–Kier alpha value is -2.37. The van der Waals surface area contributed by atoms with Crippen LogP contribution in [-0.4, -0.2) is 32.8 Å². The van der Waals surface area contributed by atoms with E-state index < -0.39 is 26.2 Å². The second-order valence-electron chi connectivity index (χ2n) is 9.70. The van der Waals surface area contributed by atoms with Crippen molar-refractivity contribution in [3.8, 4) is 0 Å². The topological polar surface area (TPSA) is 44.8 Å². The molecule has 5 heteroatoms. The molecule has 0 bridgehead atoms. The number of carbonyl (C=O) groups excluding carboxylic acids is 1. The standard InChI is InChI=1S/C26H36O4Si/c1-8-15-21(29-24(27)30-25(2,3)4)20-28-31(26(5,6)7,22-16-11-9-12-17-22)23-18-13-10-14-19-23/h8-14,16-19,21H,1,15,20H2,2-7H3/t21-/m1/s1. The van der Waals surface area contributed by atoms with Crippen LogP contribution in [0.3, 0.4) is 0 Å². The highest BCUT2D eigenvalue weighted by molar-refractivity contribution is 6.99. The van der Waals surface area contributed by atoms with Gasteiger partial charge in [-0.15, -0.1) is 6.58 Å². The molecule has 4 nitrogen and oxygen atoms in total. The van der Waals surface area contributed by atoms with Crippen LogP contribution in [-0.2, 0) is 13.9 Å². The first-order chi connectivity index (χ1) is 14.5. The fraction of sp³-hybridized carbons (Fsp3) is 0.423. The lowest BCUT2D eigenvalue weighted by molar-refractivity contribution is -0.0353. The van der Waals surface area contributed by atoms with Crippen LogP contribution in [0.25, 0.3) is 0 Å². The van der Waals surface area contributed by atoms with Crippen molar-refractivity contribution in [3.05, 3.63) is 73.3 Å². The predicted molar refractivity (Wildman–Crippen MR) is 129 cm³/mol. The van der Waals surface area contributed by atoms with Crippen LogP contribution in [0.2, 0.25) is 5.04 Å². The molecule has 1 atom stereocenters. The average molecular weight is 441 g/mol. The van der Waals surface area contributed by atoms with Crippen molar-refractivity contribution in [3.63, 3.8) is 0 Å². The van der Waals surface area contributed by atoms with Gasteiger partial charge in [0.2, 0.25) is 0 Å². The Morgan fingerprint density at radius 3 is 1.81 bits per heavy atom. The molecular weight excluding hydrogens is 404 g/mol. The van der Waals surface area contributed by atoms with Gasteiger partial charge < -0.3 is 13.9 Å². The maximum atomic E-state index is 12.3. The third-order valence-electron chi connectivity index (χ3n) is 4.98. The molecule has 0 aliphatic rings. The summed E-state index contributed by atoms with van der Waals surface area (Å²) in [6.07, 6.45) is 1.06. The second kappa shape index (κ2) is 10.3. The summed E-state index contributed by atoms with van der Waals surface area (Å²) >= 11 is 0. The molecule has 2 rings (SSSR count). The Morgan fingerprint density at radius 2 is 1.42 bits per heavy atom. The van der Waals surface area contributed by atoms with Crippen molar-refractivity contribution in [1.29, 1.82) is 0 Å². The Kier molecular flexibility index (Phi) is 8.26. The molecular formula is C26H36O4Si. The first kappa shape index (κ1) is 24.9. The number of carbonyl (C=O) groups is 1. The molecule has 2 aromatic carbocycles. The summed E-state index contributed by atoms with van der Waals surface area (Å²) in [4.78, 5) is 12.3. The summed E-state index contributed by atoms with van der Waals surface area (Å²) in [5.41, 5.74) is -0.616. The van der Waals surface area contributed by atoms with Crippen LogP contribution in [0.1, 0.15) is 48.0 Å². The molecule has 0 unspecified atom stereocenters. The molecule has 0 aliphatic carbocycles. The van der Waals surface area contributed by atoms with Crippen molar-refractivity contribution < 1.29 is 18.7 Å². The van der Waals surface area contributed by atoms with Crippen molar-refractivity contribution in [2.45, 2.75) is 64.7 Å². The maximum Gasteiger partial charge on any atom is 0.509 e. The molecule has 168 valence electrons. The smallest absolute Gasteiger partial charge is 0.429 e. The van der Waals surface area contributed by atoms with E-state index in [1.165, 1.54) is 10.4 Å². The molecule has 0 fully saturated rings. The summed E-state index contributed by atoms with van der Waals surface area (Å²) < 4.78 is 17.8. The summed E-state index contributed by atoms with van der Waals surface area (Å²) in [6, 6.07) is 20.8. The molecule has 2 aromatic rings. The van der Waals surface area contributed by atoms with Crippen LogP contribution in [0.5, 0.6) is 0 Å². The van der Waals surface area contributed by atoms with Gasteiger partial charge in [-0.25, -0.2) is 4.79 Å². The van der Waals surface area contributed by atoms with Crippen LogP contribution in [0.15, 0.2) is 73.3 Å². The first-order valence-electron chi connectivity index (χ1n) is 10.7. The van der Waals surface area contributed by atoms with E-state index in [0.717, 1.165) is 0 Å². The zero-order valence-corrected chi connectivity index (χ0v) is 20.7. The molecule has 0 aromatic heterocycles. The van der Waals surface area contributed by atoms with E-state index in [4.69, 9.17) is 13.9 Å². The number of ether oxygens (including phenoxy) is 2. The molecule has 0 heterocycles. The highest BCUT2D eigenvalue weighted by Crippen LogP contribution is 2.37. The third kappa shape index (κ3) is 6.55. The van der Waals surface area contributed by atoms with Crippen LogP contribution < -0.4 is 10.4 Å². The predicted octanol–water partition coefficient (Wildman–Crippen LogP) is 5.46. The van der Waals surface area contributed by atoms with Gasteiger partial charge in [0, 0.05) is 6.42 Å². The normalized spacial score (nSPS) is 13.4. The van der Waals surface area contributed by atoms with Gasteiger partial charge in [-0.05, 0) is 36.2 Å². The highest BCUT2D eigenvalue weighted by atomic mass is 28.4. The summed E-state index contributed by atoms with van der Waals surface area (Å²) in [5, 5.41) is 2.21. The van der Waals surface area contributed by atoms with E-state index in [9.17, 15) is 4.79 Å². The minimum atomic E-state index is -2.71. The highest BCUT2D eigenvalue weighted by Gasteiger charge is 2.50. The molecule has 0 amide bonds. The number of rotatable bonds is 8. The van der Waals surface area contributed by atoms with E-state index in [1.54, 1.807) is 6.08 Å². The van der Waals surface area contributed by atoms with Crippen molar-refractivity contribution in [2.75, 3.05) is 6.61 Å². The fourth-order valence-electron chi connectivity index (χ4n) is 3.73. The Balaban J connectivity index is 2.40. The number of benzene rings is 2. The lowest BCUT2D eigenvalue weighted by atomic mass is 10.2. The van der Waals surface area contributed by atoms with Crippen molar-refractivity contribution in [2.24, 2.45) is 0 Å². The Morgan fingerprint density at radius 1 is 0.935 bits per heavy atom. The van der Waals surface area contributed by atoms with Gasteiger partial charge in [0.25, 0.3) is 8.32 Å². The van der Waals surface area contributed by atoms with Crippen molar-refractivity contribution >= 4 is 24.8 Å². The monoisotopic (exact) mass is 440 g/mol. The van der Waals surface area contributed by atoms with Gasteiger partial charge in [-0.2, -0.15) is 0 Å². The molecule has 0 saturated carbocycles. The van der Waals surface area contributed by atoms with Crippen molar-refractivity contribution in [1.82, 2.24) is 0 Å². The summed E-state index contributed by atoms with van der Waals surface area (Å²) in [5.74, 6) is 0. The molecule has 0 aliphatic heterocycles. The van der Waals surface area contributed by atoms with Crippen LogP contribution in [0, 0.1) is 0 Å². The first-order valence-corrected chi connectivity index (χ1v) is 12.7. The van der Waals surface area contributed by atoms with Gasteiger partial charge in [0.05, 0.1) is 6.61 Å². The SMILES string of the molecule is C=CC[C@H](CO[Si](c1ccccc1)(c1ccccc1)C(C)(C)C)OC(=O)OC(C)(C)C. The molecule has 31 heavy (non-hydrogen) atoms. The van der Waals surface area contributed by atoms with Crippen LogP contribution >= 0.6 is 0 Å². The van der Waals surface area contributed by atoms with E-state index in [2.05, 4.69) is 51.6 Å². The summed E-state index contributed by atoms with van der Waals surface area (Å²) in [6.45, 7) is 16.2.